The molecule has 128 valence electrons. The molecule has 0 atom stereocenters. The van der Waals surface area contributed by atoms with Crippen LogP contribution in [0.4, 0.5) is 0 Å². The maximum absolute atomic E-state index is 5.96. The molecule has 0 saturated carbocycles. The molecule has 1 aromatic heterocycles. The van der Waals surface area contributed by atoms with Gasteiger partial charge in [-0.2, -0.15) is 11.3 Å². The molecule has 0 fully saturated rings. The maximum atomic E-state index is 5.96. The second-order valence-electron chi connectivity index (χ2n) is 5.92. The number of fused-ring (bicyclic) bond motifs is 1. The van der Waals surface area contributed by atoms with Gasteiger partial charge in [0.1, 0.15) is 18.2 Å². The molecule has 1 N–H and O–H groups in total. The molecule has 3 aromatic rings. The van der Waals surface area contributed by atoms with Gasteiger partial charge in [-0.15, -0.1) is 0 Å². The molecule has 0 bridgehead atoms. The lowest BCUT2D eigenvalue weighted by Crippen LogP contribution is -2.20. The van der Waals surface area contributed by atoms with E-state index in [1.54, 1.807) is 18.4 Å². The van der Waals surface area contributed by atoms with Gasteiger partial charge in [0.05, 0.1) is 18.7 Å². The first-order chi connectivity index (χ1) is 12.3. The molecule has 0 amide bonds. The van der Waals surface area contributed by atoms with E-state index >= 15 is 0 Å². The van der Waals surface area contributed by atoms with E-state index in [1.165, 1.54) is 16.5 Å². The summed E-state index contributed by atoms with van der Waals surface area (Å²) in [5, 5.41) is 9.98. The number of nitrogens with zero attached hydrogens (tertiary/aromatic N) is 1. The van der Waals surface area contributed by atoms with Crippen LogP contribution in [0.25, 0.3) is 21.9 Å². The molecule has 4 nitrogen and oxygen atoms in total. The Balaban J connectivity index is 1.77. The Bertz CT molecular complexity index is 903. The third-order valence-corrected chi connectivity index (χ3v) is 4.95. The van der Waals surface area contributed by atoms with Crippen molar-refractivity contribution in [3.05, 3.63) is 52.7 Å². The van der Waals surface area contributed by atoms with E-state index in [0.29, 0.717) is 13.2 Å². The second-order valence-corrected chi connectivity index (χ2v) is 6.70. The Hall–Kier alpha value is -2.37. The third-order valence-electron chi connectivity index (χ3n) is 4.27. The van der Waals surface area contributed by atoms with E-state index in [2.05, 4.69) is 57.5 Å². The average Bonchev–Trinajstić information content (AvgIpc) is 3.34. The monoisotopic (exact) mass is 352 g/mol. The SMILES string of the molecule is COCCOc1cc2ccc(-c3ccsc3)cc2cc1C1=NCCN1. The van der Waals surface area contributed by atoms with Crippen LogP contribution in [-0.4, -0.2) is 39.2 Å². The second kappa shape index (κ2) is 7.25. The van der Waals surface area contributed by atoms with Gasteiger partial charge < -0.3 is 14.8 Å². The summed E-state index contributed by atoms with van der Waals surface area (Å²) in [5.74, 6) is 1.76. The number of ether oxygens (including phenoxy) is 2. The lowest BCUT2D eigenvalue weighted by molar-refractivity contribution is 0.146. The number of methoxy groups -OCH3 is 1. The van der Waals surface area contributed by atoms with Gasteiger partial charge in [-0.25, -0.2) is 0 Å². The van der Waals surface area contributed by atoms with Gasteiger partial charge in [0.2, 0.25) is 0 Å². The fourth-order valence-electron chi connectivity index (χ4n) is 3.00. The summed E-state index contributed by atoms with van der Waals surface area (Å²) in [6, 6.07) is 13.0. The lowest BCUT2D eigenvalue weighted by Gasteiger charge is -2.14. The number of thiophene rings is 1. The Labute approximate surface area is 151 Å². The van der Waals surface area contributed by atoms with Crippen molar-refractivity contribution in [1.82, 2.24) is 5.32 Å². The number of hydrogen-bond acceptors (Lipinski definition) is 5. The van der Waals surface area contributed by atoms with Crippen molar-refractivity contribution in [2.75, 3.05) is 33.4 Å². The molecule has 0 aliphatic carbocycles. The summed E-state index contributed by atoms with van der Waals surface area (Å²) in [6.45, 7) is 2.77. The molecule has 4 rings (SSSR count). The molecular formula is C20H20N2O2S. The fourth-order valence-corrected chi connectivity index (χ4v) is 3.67. The van der Waals surface area contributed by atoms with Crippen molar-refractivity contribution >= 4 is 27.9 Å². The van der Waals surface area contributed by atoms with Crippen LogP contribution >= 0.6 is 11.3 Å². The van der Waals surface area contributed by atoms with Crippen LogP contribution in [0, 0.1) is 0 Å². The molecular weight excluding hydrogens is 332 g/mol. The molecule has 2 heterocycles. The number of amidine groups is 1. The predicted octanol–water partition coefficient (Wildman–Crippen LogP) is 3.94. The predicted molar refractivity (Wildman–Crippen MR) is 104 cm³/mol. The van der Waals surface area contributed by atoms with Gasteiger partial charge in [0.25, 0.3) is 0 Å². The number of rotatable bonds is 6. The van der Waals surface area contributed by atoms with Crippen molar-refractivity contribution in [2.45, 2.75) is 0 Å². The summed E-state index contributed by atoms with van der Waals surface area (Å²) in [6.07, 6.45) is 0. The minimum absolute atomic E-state index is 0.523. The topological polar surface area (TPSA) is 42.9 Å². The van der Waals surface area contributed by atoms with Gasteiger partial charge in [-0.05, 0) is 56.9 Å². The molecule has 1 aliphatic heterocycles. The summed E-state index contributed by atoms with van der Waals surface area (Å²) >= 11 is 1.72. The van der Waals surface area contributed by atoms with Crippen molar-refractivity contribution < 1.29 is 9.47 Å². The van der Waals surface area contributed by atoms with Crippen LogP contribution in [0.1, 0.15) is 5.56 Å². The van der Waals surface area contributed by atoms with Crippen LogP contribution in [0.3, 0.4) is 0 Å². The Kier molecular flexibility index (Phi) is 4.68. The summed E-state index contributed by atoms with van der Waals surface area (Å²) in [5.41, 5.74) is 3.50. The van der Waals surface area contributed by atoms with E-state index in [-0.39, 0.29) is 0 Å². The van der Waals surface area contributed by atoms with Crippen molar-refractivity contribution in [2.24, 2.45) is 4.99 Å². The first-order valence-electron chi connectivity index (χ1n) is 8.36. The molecule has 25 heavy (non-hydrogen) atoms. The number of nitrogens with one attached hydrogen (secondary N) is 1. The summed E-state index contributed by atoms with van der Waals surface area (Å²) in [7, 11) is 1.68. The summed E-state index contributed by atoms with van der Waals surface area (Å²) in [4.78, 5) is 4.57. The van der Waals surface area contributed by atoms with Crippen molar-refractivity contribution in [3.63, 3.8) is 0 Å². The van der Waals surface area contributed by atoms with Gasteiger partial charge in [-0.3, -0.25) is 4.99 Å². The van der Waals surface area contributed by atoms with Crippen LogP contribution in [0.2, 0.25) is 0 Å². The van der Waals surface area contributed by atoms with Crippen LogP contribution in [-0.2, 0) is 4.74 Å². The Morgan fingerprint density at radius 2 is 2.04 bits per heavy atom. The van der Waals surface area contributed by atoms with Crippen molar-refractivity contribution in [1.29, 1.82) is 0 Å². The number of hydrogen-bond donors (Lipinski definition) is 1. The summed E-state index contributed by atoms with van der Waals surface area (Å²) < 4.78 is 11.1. The Morgan fingerprint density at radius 1 is 1.08 bits per heavy atom. The molecule has 2 aromatic carbocycles. The van der Waals surface area contributed by atoms with Crippen LogP contribution in [0.5, 0.6) is 5.75 Å². The van der Waals surface area contributed by atoms with Crippen LogP contribution < -0.4 is 10.1 Å². The smallest absolute Gasteiger partial charge is 0.132 e. The first kappa shape index (κ1) is 16.1. The Morgan fingerprint density at radius 3 is 2.80 bits per heavy atom. The molecule has 0 radical (unpaired) electrons. The van der Waals surface area contributed by atoms with E-state index < -0.39 is 0 Å². The normalized spacial score (nSPS) is 13.7. The highest BCUT2D eigenvalue weighted by molar-refractivity contribution is 7.08. The average molecular weight is 352 g/mol. The standard InChI is InChI=1S/C20H20N2O2S/c1-23-7-8-24-19-12-15-3-2-14(16-4-9-25-13-16)10-17(15)11-18(19)20-21-5-6-22-20/h2-4,9-13H,5-8H2,1H3,(H,21,22). The fraction of sp³-hybridized carbons (Fsp3) is 0.250. The third kappa shape index (κ3) is 3.38. The van der Waals surface area contributed by atoms with Crippen molar-refractivity contribution in [3.8, 4) is 16.9 Å². The molecule has 0 saturated heterocycles. The van der Waals surface area contributed by atoms with E-state index in [9.17, 15) is 0 Å². The number of benzene rings is 2. The molecule has 1 aliphatic rings. The minimum Gasteiger partial charge on any atom is -0.490 e. The minimum atomic E-state index is 0.523. The maximum Gasteiger partial charge on any atom is 0.132 e. The van der Waals surface area contributed by atoms with Gasteiger partial charge in [0.15, 0.2) is 0 Å². The van der Waals surface area contributed by atoms with Gasteiger partial charge in [0, 0.05) is 13.7 Å². The van der Waals surface area contributed by atoms with Crippen LogP contribution in [0.15, 0.2) is 52.2 Å². The molecule has 0 unspecified atom stereocenters. The van der Waals surface area contributed by atoms with Gasteiger partial charge >= 0.3 is 0 Å². The molecule has 5 heteroatoms. The van der Waals surface area contributed by atoms with Gasteiger partial charge in [-0.1, -0.05) is 12.1 Å². The van der Waals surface area contributed by atoms with E-state index in [0.717, 1.165) is 35.6 Å². The van der Waals surface area contributed by atoms with E-state index in [4.69, 9.17) is 9.47 Å². The highest BCUT2D eigenvalue weighted by atomic mass is 32.1. The highest BCUT2D eigenvalue weighted by Gasteiger charge is 2.15. The first-order valence-corrected chi connectivity index (χ1v) is 9.30. The number of aliphatic imine (C=N–C) groups is 1. The quantitative estimate of drug-likeness (QED) is 0.683. The highest BCUT2D eigenvalue weighted by Crippen LogP contribution is 2.31. The lowest BCUT2D eigenvalue weighted by atomic mass is 10.0. The zero-order valence-electron chi connectivity index (χ0n) is 14.1. The zero-order chi connectivity index (χ0) is 17.1. The van der Waals surface area contributed by atoms with E-state index in [1.807, 2.05) is 0 Å². The largest absolute Gasteiger partial charge is 0.490 e. The molecule has 0 spiro atoms. The zero-order valence-corrected chi connectivity index (χ0v) is 14.9.